The third kappa shape index (κ3) is 1.69. The van der Waals surface area contributed by atoms with Gasteiger partial charge in [0.2, 0.25) is 0 Å². The lowest BCUT2D eigenvalue weighted by Gasteiger charge is -2.28. The van der Waals surface area contributed by atoms with Crippen molar-refractivity contribution < 1.29 is 9.59 Å². The zero-order chi connectivity index (χ0) is 13.7. The Hall–Kier alpha value is -1.49. The van der Waals surface area contributed by atoms with Gasteiger partial charge in [-0.2, -0.15) is 11.8 Å². The molecule has 0 N–H and O–H groups in total. The number of hydrogen-bond acceptors (Lipinski definition) is 3. The van der Waals surface area contributed by atoms with Gasteiger partial charge in [0.25, 0.3) is 5.91 Å². The molecule has 1 aromatic rings. The summed E-state index contributed by atoms with van der Waals surface area (Å²) in [6.45, 7) is 0.571. The maximum atomic E-state index is 12.6. The normalized spacial score (nSPS) is 28.8. The average Bonchev–Trinajstić information content (AvgIpc) is 3.06. The fourth-order valence-electron chi connectivity index (χ4n) is 3.40. The van der Waals surface area contributed by atoms with Crippen LogP contribution < -0.4 is 0 Å². The molecule has 3 aliphatic rings. The number of thioether (sulfide) groups is 1. The second-order valence-electron chi connectivity index (χ2n) is 5.62. The Bertz CT molecular complexity index is 540. The molecule has 0 spiro atoms. The summed E-state index contributed by atoms with van der Waals surface area (Å²) in [5, 5.41) is 0. The van der Waals surface area contributed by atoms with Crippen molar-refractivity contribution in [1.29, 1.82) is 0 Å². The van der Waals surface area contributed by atoms with Crippen LogP contribution in [0.25, 0.3) is 0 Å². The average molecular weight is 288 g/mol. The van der Waals surface area contributed by atoms with Gasteiger partial charge in [-0.05, 0) is 23.3 Å². The van der Waals surface area contributed by atoms with E-state index in [-0.39, 0.29) is 24.0 Å². The third-order valence-electron chi connectivity index (χ3n) is 4.49. The SMILES string of the molecule is O=C1C2Cc3ccccc3CN2C(=O)N1C1CCSC1. The largest absolute Gasteiger partial charge is 0.328 e. The number of fused-ring (bicyclic) bond motifs is 2. The fraction of sp³-hybridized carbons (Fsp3) is 0.467. The number of rotatable bonds is 1. The summed E-state index contributed by atoms with van der Waals surface area (Å²) in [7, 11) is 0. The van der Waals surface area contributed by atoms with Crippen LogP contribution in [0.5, 0.6) is 0 Å². The van der Waals surface area contributed by atoms with E-state index in [1.807, 2.05) is 23.9 Å². The molecule has 20 heavy (non-hydrogen) atoms. The van der Waals surface area contributed by atoms with Crippen LogP contribution in [0.1, 0.15) is 17.5 Å². The predicted molar refractivity (Wildman–Crippen MR) is 77.4 cm³/mol. The smallest absolute Gasteiger partial charge is 0.308 e. The summed E-state index contributed by atoms with van der Waals surface area (Å²) in [4.78, 5) is 28.5. The van der Waals surface area contributed by atoms with E-state index in [2.05, 4.69) is 12.1 Å². The molecule has 2 atom stereocenters. The van der Waals surface area contributed by atoms with Gasteiger partial charge in [0, 0.05) is 18.7 Å². The van der Waals surface area contributed by atoms with Crippen molar-refractivity contribution in [2.75, 3.05) is 11.5 Å². The first kappa shape index (κ1) is 12.3. The van der Waals surface area contributed by atoms with E-state index >= 15 is 0 Å². The minimum absolute atomic E-state index is 0.0111. The van der Waals surface area contributed by atoms with Gasteiger partial charge >= 0.3 is 6.03 Å². The maximum Gasteiger partial charge on any atom is 0.328 e. The summed E-state index contributed by atoms with van der Waals surface area (Å²) in [5.74, 6) is 1.95. The Balaban J connectivity index is 1.66. The Labute approximate surface area is 122 Å². The summed E-state index contributed by atoms with van der Waals surface area (Å²) in [5.41, 5.74) is 2.38. The van der Waals surface area contributed by atoms with E-state index in [0.29, 0.717) is 13.0 Å². The molecule has 3 aliphatic heterocycles. The van der Waals surface area contributed by atoms with Gasteiger partial charge in [0.05, 0.1) is 6.04 Å². The fourth-order valence-corrected chi connectivity index (χ4v) is 4.59. The highest BCUT2D eigenvalue weighted by Crippen LogP contribution is 2.33. The van der Waals surface area contributed by atoms with E-state index in [0.717, 1.165) is 17.9 Å². The highest BCUT2D eigenvalue weighted by molar-refractivity contribution is 7.99. The number of carbonyl (C=O) groups excluding carboxylic acids is 2. The van der Waals surface area contributed by atoms with Crippen LogP contribution in [0, 0.1) is 0 Å². The minimum atomic E-state index is -0.275. The van der Waals surface area contributed by atoms with Crippen molar-refractivity contribution in [3.8, 4) is 0 Å². The molecule has 0 aromatic heterocycles. The Kier molecular flexibility index (Phi) is 2.77. The lowest BCUT2D eigenvalue weighted by molar-refractivity contribution is -0.129. The molecule has 0 saturated carbocycles. The molecule has 3 amide bonds. The van der Waals surface area contributed by atoms with Crippen LogP contribution >= 0.6 is 11.8 Å². The highest BCUT2D eigenvalue weighted by Gasteiger charge is 2.49. The van der Waals surface area contributed by atoms with Crippen molar-refractivity contribution in [3.63, 3.8) is 0 Å². The van der Waals surface area contributed by atoms with Gasteiger partial charge < -0.3 is 4.90 Å². The number of urea groups is 1. The molecule has 104 valence electrons. The highest BCUT2D eigenvalue weighted by atomic mass is 32.2. The summed E-state index contributed by atoms with van der Waals surface area (Å²) in [6.07, 6.45) is 1.60. The first-order chi connectivity index (χ1) is 9.75. The van der Waals surface area contributed by atoms with Crippen molar-refractivity contribution in [2.24, 2.45) is 0 Å². The molecule has 4 nitrogen and oxygen atoms in total. The number of benzene rings is 1. The lowest BCUT2D eigenvalue weighted by atomic mass is 9.95. The first-order valence-electron chi connectivity index (χ1n) is 7.04. The van der Waals surface area contributed by atoms with E-state index < -0.39 is 0 Å². The molecular weight excluding hydrogens is 272 g/mol. The molecule has 0 radical (unpaired) electrons. The van der Waals surface area contributed by atoms with Gasteiger partial charge in [-0.1, -0.05) is 24.3 Å². The van der Waals surface area contributed by atoms with E-state index in [9.17, 15) is 9.59 Å². The Morgan fingerprint density at radius 2 is 1.95 bits per heavy atom. The second kappa shape index (κ2) is 4.52. The minimum Gasteiger partial charge on any atom is -0.308 e. The summed E-state index contributed by atoms with van der Waals surface area (Å²) >= 11 is 1.83. The summed E-state index contributed by atoms with van der Waals surface area (Å²) < 4.78 is 0. The van der Waals surface area contributed by atoms with E-state index in [1.54, 1.807) is 4.90 Å². The molecule has 2 saturated heterocycles. The van der Waals surface area contributed by atoms with E-state index in [1.165, 1.54) is 16.0 Å². The zero-order valence-electron chi connectivity index (χ0n) is 11.1. The molecule has 3 heterocycles. The van der Waals surface area contributed by atoms with Gasteiger partial charge in [-0.3, -0.25) is 9.69 Å². The second-order valence-corrected chi connectivity index (χ2v) is 6.77. The number of imide groups is 1. The van der Waals surface area contributed by atoms with Crippen LogP contribution in [0.15, 0.2) is 24.3 Å². The maximum absolute atomic E-state index is 12.6. The van der Waals surface area contributed by atoms with Crippen LogP contribution in [0.2, 0.25) is 0 Å². The van der Waals surface area contributed by atoms with Crippen molar-refractivity contribution in [3.05, 3.63) is 35.4 Å². The predicted octanol–water partition coefficient (Wildman–Crippen LogP) is 1.88. The quantitative estimate of drug-likeness (QED) is 0.741. The summed E-state index contributed by atoms with van der Waals surface area (Å²) in [6, 6.07) is 7.86. The Morgan fingerprint density at radius 3 is 2.70 bits per heavy atom. The molecule has 5 heteroatoms. The number of carbonyl (C=O) groups is 2. The first-order valence-corrected chi connectivity index (χ1v) is 8.19. The molecular formula is C15H16N2O2S. The standard InChI is InChI=1S/C15H16N2O2S/c18-14-13-7-10-3-1-2-4-11(10)8-16(13)15(19)17(14)12-5-6-20-9-12/h1-4,12-13H,5-9H2. The number of amides is 3. The van der Waals surface area contributed by atoms with Crippen LogP contribution in [0.3, 0.4) is 0 Å². The Morgan fingerprint density at radius 1 is 1.15 bits per heavy atom. The van der Waals surface area contributed by atoms with Gasteiger partial charge in [-0.25, -0.2) is 4.79 Å². The number of nitrogens with zero attached hydrogens (tertiary/aromatic N) is 2. The van der Waals surface area contributed by atoms with Crippen molar-refractivity contribution in [2.45, 2.75) is 31.5 Å². The lowest BCUT2D eigenvalue weighted by Crippen LogP contribution is -2.41. The molecule has 1 aromatic carbocycles. The molecule has 2 fully saturated rings. The van der Waals surface area contributed by atoms with Gasteiger partial charge in [0.15, 0.2) is 0 Å². The monoisotopic (exact) mass is 288 g/mol. The van der Waals surface area contributed by atoms with Crippen LogP contribution in [-0.4, -0.2) is 45.3 Å². The van der Waals surface area contributed by atoms with Crippen LogP contribution in [-0.2, 0) is 17.8 Å². The zero-order valence-corrected chi connectivity index (χ0v) is 11.9. The topological polar surface area (TPSA) is 40.6 Å². The molecule has 0 aliphatic carbocycles. The molecule has 4 rings (SSSR count). The van der Waals surface area contributed by atoms with Gasteiger partial charge in [0.1, 0.15) is 6.04 Å². The molecule has 2 unspecified atom stereocenters. The van der Waals surface area contributed by atoms with Crippen molar-refractivity contribution in [1.82, 2.24) is 9.80 Å². The van der Waals surface area contributed by atoms with Crippen LogP contribution in [0.4, 0.5) is 4.79 Å². The number of hydrogen-bond donors (Lipinski definition) is 0. The van der Waals surface area contributed by atoms with Crippen molar-refractivity contribution >= 4 is 23.7 Å². The third-order valence-corrected chi connectivity index (χ3v) is 5.64. The van der Waals surface area contributed by atoms with E-state index in [4.69, 9.17) is 0 Å². The van der Waals surface area contributed by atoms with Gasteiger partial charge in [-0.15, -0.1) is 0 Å². The molecule has 0 bridgehead atoms.